The van der Waals surface area contributed by atoms with Crippen LogP contribution in [0.4, 0.5) is 18.9 Å². The molecule has 0 N–H and O–H groups in total. The van der Waals surface area contributed by atoms with Crippen LogP contribution in [-0.4, -0.2) is 19.9 Å². The SMILES string of the molecule is COc1ccc([C@H]2CC(c3ccc(Cl)cc3)=NN2c2cccc(C(F)(F)F)c2)c(OC)c1. The third kappa shape index (κ3) is 4.39. The van der Waals surface area contributed by atoms with Crippen molar-refractivity contribution in [1.82, 2.24) is 0 Å². The van der Waals surface area contributed by atoms with Crippen molar-refractivity contribution >= 4 is 23.0 Å². The lowest BCUT2D eigenvalue weighted by Crippen LogP contribution is -2.20. The van der Waals surface area contributed by atoms with Gasteiger partial charge >= 0.3 is 6.18 Å². The van der Waals surface area contributed by atoms with Crippen LogP contribution in [0.2, 0.25) is 5.02 Å². The lowest BCUT2D eigenvalue weighted by atomic mass is 9.97. The third-order valence-corrected chi connectivity index (χ3v) is 5.58. The van der Waals surface area contributed by atoms with E-state index in [9.17, 15) is 13.2 Å². The second-order valence-electron chi connectivity index (χ2n) is 7.27. The van der Waals surface area contributed by atoms with Crippen LogP contribution in [0.15, 0.2) is 71.8 Å². The minimum absolute atomic E-state index is 0.339. The van der Waals surface area contributed by atoms with Gasteiger partial charge in [0.05, 0.1) is 37.2 Å². The van der Waals surface area contributed by atoms with Gasteiger partial charge in [0.15, 0.2) is 0 Å². The third-order valence-electron chi connectivity index (χ3n) is 5.33. The quantitative estimate of drug-likeness (QED) is 0.423. The molecule has 3 aromatic carbocycles. The summed E-state index contributed by atoms with van der Waals surface area (Å²) < 4.78 is 50.9. The van der Waals surface area contributed by atoms with Crippen LogP contribution in [0.3, 0.4) is 0 Å². The highest BCUT2D eigenvalue weighted by atomic mass is 35.5. The highest BCUT2D eigenvalue weighted by Crippen LogP contribution is 2.42. The van der Waals surface area contributed by atoms with Gasteiger partial charge in [-0.05, 0) is 48.0 Å². The van der Waals surface area contributed by atoms with E-state index in [1.807, 2.05) is 18.2 Å². The summed E-state index contributed by atoms with van der Waals surface area (Å²) in [5, 5.41) is 6.92. The number of nitrogens with zero attached hydrogens (tertiary/aromatic N) is 2. The molecule has 1 aliphatic heterocycles. The molecule has 8 heteroatoms. The number of halogens is 4. The number of rotatable bonds is 5. The smallest absolute Gasteiger partial charge is 0.416 e. The van der Waals surface area contributed by atoms with Crippen molar-refractivity contribution < 1.29 is 22.6 Å². The molecule has 0 amide bonds. The molecule has 1 aliphatic rings. The normalized spacial score (nSPS) is 16.1. The van der Waals surface area contributed by atoms with Crippen LogP contribution in [0.25, 0.3) is 0 Å². The molecule has 0 radical (unpaired) electrons. The predicted molar refractivity (Wildman–Crippen MR) is 119 cm³/mol. The van der Waals surface area contributed by atoms with Crippen molar-refractivity contribution in [2.24, 2.45) is 5.10 Å². The number of ether oxygens (including phenoxy) is 2. The van der Waals surface area contributed by atoms with Gasteiger partial charge in [-0.25, -0.2) is 0 Å². The van der Waals surface area contributed by atoms with Gasteiger partial charge in [0, 0.05) is 23.1 Å². The molecule has 0 fully saturated rings. The first-order valence-electron chi connectivity index (χ1n) is 9.82. The Kier molecular flexibility index (Phi) is 6.02. The van der Waals surface area contributed by atoms with E-state index in [1.165, 1.54) is 6.07 Å². The highest BCUT2D eigenvalue weighted by molar-refractivity contribution is 6.30. The molecular weight excluding hydrogens is 441 g/mol. The maximum Gasteiger partial charge on any atom is 0.416 e. The fraction of sp³-hybridized carbons (Fsp3) is 0.208. The monoisotopic (exact) mass is 460 g/mol. The standard InChI is InChI=1S/C24H20ClF3N2O2/c1-31-19-10-11-20(23(13-19)32-2)22-14-21(15-6-8-17(25)9-7-15)29-30(22)18-5-3-4-16(12-18)24(26,27)28/h3-13,22H,14H2,1-2H3/t22-/m1/s1. The summed E-state index contributed by atoms with van der Waals surface area (Å²) in [4.78, 5) is 0. The highest BCUT2D eigenvalue weighted by Gasteiger charge is 2.35. The van der Waals surface area contributed by atoms with Gasteiger partial charge in [0.2, 0.25) is 0 Å². The number of anilines is 1. The van der Waals surface area contributed by atoms with Gasteiger partial charge in [-0.3, -0.25) is 5.01 Å². The van der Waals surface area contributed by atoms with Gasteiger partial charge in [-0.2, -0.15) is 18.3 Å². The maximum atomic E-state index is 13.4. The van der Waals surface area contributed by atoms with Gasteiger partial charge in [0.25, 0.3) is 0 Å². The molecule has 0 saturated heterocycles. The van der Waals surface area contributed by atoms with Crippen molar-refractivity contribution in [2.75, 3.05) is 19.2 Å². The Balaban J connectivity index is 1.81. The number of hydrogen-bond donors (Lipinski definition) is 0. The number of hydrogen-bond acceptors (Lipinski definition) is 4. The summed E-state index contributed by atoms with van der Waals surface area (Å²) in [7, 11) is 3.10. The fourth-order valence-electron chi connectivity index (χ4n) is 3.73. The van der Waals surface area contributed by atoms with E-state index < -0.39 is 11.7 Å². The zero-order valence-corrected chi connectivity index (χ0v) is 18.1. The second kappa shape index (κ2) is 8.74. The van der Waals surface area contributed by atoms with Crippen LogP contribution in [0.5, 0.6) is 11.5 Å². The Morgan fingerprint density at radius 3 is 2.38 bits per heavy atom. The number of benzene rings is 3. The molecule has 0 saturated carbocycles. The van der Waals surface area contributed by atoms with Crippen LogP contribution in [0.1, 0.15) is 29.2 Å². The summed E-state index contributed by atoms with van der Waals surface area (Å²) in [5.74, 6) is 1.19. The molecule has 1 atom stereocenters. The van der Waals surface area contributed by atoms with E-state index in [1.54, 1.807) is 49.6 Å². The van der Waals surface area contributed by atoms with Gasteiger partial charge in [-0.1, -0.05) is 29.8 Å². The van der Waals surface area contributed by atoms with Crippen molar-refractivity contribution in [3.05, 3.63) is 88.4 Å². The minimum atomic E-state index is -4.45. The molecule has 0 aromatic heterocycles. The Labute approximate surface area is 188 Å². The first-order chi connectivity index (χ1) is 15.3. The molecule has 0 spiro atoms. The number of hydrazone groups is 1. The Morgan fingerprint density at radius 2 is 1.72 bits per heavy atom. The van der Waals surface area contributed by atoms with E-state index >= 15 is 0 Å². The molecule has 166 valence electrons. The number of methoxy groups -OCH3 is 2. The predicted octanol–water partition coefficient (Wildman–Crippen LogP) is 6.73. The summed E-state index contributed by atoms with van der Waals surface area (Å²) >= 11 is 6.01. The summed E-state index contributed by atoms with van der Waals surface area (Å²) in [6.07, 6.45) is -3.98. The van der Waals surface area contributed by atoms with E-state index in [4.69, 9.17) is 26.2 Å². The summed E-state index contributed by atoms with van der Waals surface area (Å²) in [5.41, 5.74) is 1.99. The lowest BCUT2D eigenvalue weighted by Gasteiger charge is -2.26. The topological polar surface area (TPSA) is 34.1 Å². The molecule has 0 aliphatic carbocycles. The van der Waals surface area contributed by atoms with Crippen LogP contribution >= 0.6 is 11.6 Å². The van der Waals surface area contributed by atoms with E-state index in [0.29, 0.717) is 28.6 Å². The molecule has 4 rings (SSSR count). The molecule has 3 aromatic rings. The average molecular weight is 461 g/mol. The second-order valence-corrected chi connectivity index (χ2v) is 7.71. The number of alkyl halides is 3. The molecule has 32 heavy (non-hydrogen) atoms. The van der Waals surface area contributed by atoms with E-state index in [0.717, 1.165) is 29.0 Å². The molecule has 0 bridgehead atoms. The van der Waals surface area contributed by atoms with Crippen LogP contribution in [-0.2, 0) is 6.18 Å². The fourth-order valence-corrected chi connectivity index (χ4v) is 3.85. The summed E-state index contributed by atoms with van der Waals surface area (Å²) in [6.45, 7) is 0. The lowest BCUT2D eigenvalue weighted by molar-refractivity contribution is -0.137. The minimum Gasteiger partial charge on any atom is -0.497 e. The van der Waals surface area contributed by atoms with Crippen molar-refractivity contribution in [3.63, 3.8) is 0 Å². The molecule has 4 nitrogen and oxygen atoms in total. The largest absolute Gasteiger partial charge is 0.497 e. The van der Waals surface area contributed by atoms with Gasteiger partial charge in [-0.15, -0.1) is 0 Å². The average Bonchev–Trinajstić information content (AvgIpc) is 3.24. The summed E-state index contributed by atoms with van der Waals surface area (Å²) in [6, 6.07) is 17.4. The van der Waals surface area contributed by atoms with Crippen LogP contribution < -0.4 is 14.5 Å². The first kappa shape index (κ1) is 22.0. The maximum absolute atomic E-state index is 13.4. The van der Waals surface area contributed by atoms with Crippen molar-refractivity contribution in [1.29, 1.82) is 0 Å². The van der Waals surface area contributed by atoms with Crippen LogP contribution in [0, 0.1) is 0 Å². The zero-order valence-electron chi connectivity index (χ0n) is 17.4. The van der Waals surface area contributed by atoms with Gasteiger partial charge < -0.3 is 9.47 Å². The Morgan fingerprint density at radius 1 is 0.969 bits per heavy atom. The van der Waals surface area contributed by atoms with E-state index in [-0.39, 0.29) is 6.04 Å². The molecule has 1 heterocycles. The van der Waals surface area contributed by atoms with E-state index in [2.05, 4.69) is 0 Å². The van der Waals surface area contributed by atoms with Crippen molar-refractivity contribution in [2.45, 2.75) is 18.6 Å². The Hall–Kier alpha value is -3.19. The van der Waals surface area contributed by atoms with Crippen molar-refractivity contribution in [3.8, 4) is 11.5 Å². The molecular formula is C24H20ClF3N2O2. The zero-order chi connectivity index (χ0) is 22.9. The molecule has 0 unspecified atom stereocenters. The van der Waals surface area contributed by atoms with Gasteiger partial charge in [0.1, 0.15) is 11.5 Å². The Bertz CT molecular complexity index is 1150. The first-order valence-corrected chi connectivity index (χ1v) is 10.2.